The van der Waals surface area contributed by atoms with Crippen molar-refractivity contribution in [1.82, 2.24) is 30.0 Å². The Morgan fingerprint density at radius 2 is 1.45 bits per heavy atom. The topological polar surface area (TPSA) is 78.5 Å². The fourth-order valence-electron chi connectivity index (χ4n) is 2.68. The molecule has 0 spiro atoms. The van der Waals surface area contributed by atoms with E-state index in [1.807, 2.05) is 12.2 Å². The average Bonchev–Trinajstić information content (AvgIpc) is 3.04. The summed E-state index contributed by atoms with van der Waals surface area (Å²) in [7, 11) is 3.51. The van der Waals surface area contributed by atoms with Crippen molar-refractivity contribution in [3.8, 4) is 0 Å². The molecular weight excluding hydrogens is 280 g/mol. The summed E-state index contributed by atoms with van der Waals surface area (Å²) in [5.74, 6) is 0.470. The van der Waals surface area contributed by atoms with Crippen LogP contribution in [0, 0.1) is 5.92 Å². The van der Waals surface area contributed by atoms with E-state index < -0.39 is 0 Å². The van der Waals surface area contributed by atoms with Gasteiger partial charge in [0.25, 0.3) is 0 Å². The molecular formula is C15H18N6O. The number of nitrogens with zero attached hydrogens (tertiary/aromatic N) is 6. The molecule has 114 valence electrons. The lowest BCUT2D eigenvalue weighted by Crippen LogP contribution is -2.18. The number of allylic oxidation sites excluding steroid dienone is 2. The van der Waals surface area contributed by atoms with Gasteiger partial charge >= 0.3 is 0 Å². The lowest BCUT2D eigenvalue weighted by molar-refractivity contribution is -0.113. The van der Waals surface area contributed by atoms with Crippen molar-refractivity contribution in [1.29, 1.82) is 0 Å². The average molecular weight is 298 g/mol. The molecule has 0 atom stereocenters. The Hall–Kier alpha value is -2.57. The third kappa shape index (κ3) is 3.03. The van der Waals surface area contributed by atoms with Gasteiger partial charge < -0.3 is 0 Å². The number of aromatic nitrogens is 6. The van der Waals surface area contributed by atoms with E-state index in [1.165, 1.54) is 9.59 Å². The zero-order valence-electron chi connectivity index (χ0n) is 12.9. The Kier molecular flexibility index (Phi) is 3.70. The van der Waals surface area contributed by atoms with Crippen LogP contribution in [-0.4, -0.2) is 35.8 Å². The summed E-state index contributed by atoms with van der Waals surface area (Å²) in [6, 6.07) is 0. The normalized spacial score (nSPS) is 22.7. The van der Waals surface area contributed by atoms with Crippen LogP contribution in [0.1, 0.15) is 31.2 Å². The maximum atomic E-state index is 12.6. The first kappa shape index (κ1) is 14.4. The number of carbonyl (C=O) groups excluding carboxylic acids is 1. The summed E-state index contributed by atoms with van der Waals surface area (Å²) < 4.78 is 0. The van der Waals surface area contributed by atoms with Crippen LogP contribution in [0.25, 0.3) is 12.2 Å². The highest BCUT2D eigenvalue weighted by Gasteiger charge is 2.25. The Bertz CT molecular complexity index is 704. The standard InChI is InChI=1S/C15H18N6O/c1-10-4-11(6-13-8-16-20(2)18-13)15(22)12(5-10)7-14-9-17-21(3)19-14/h6-10H,4-5H2,1-3H3. The maximum Gasteiger partial charge on any atom is 0.185 e. The van der Waals surface area contributed by atoms with E-state index >= 15 is 0 Å². The van der Waals surface area contributed by atoms with Crippen molar-refractivity contribution in [2.75, 3.05) is 0 Å². The number of hydrogen-bond acceptors (Lipinski definition) is 5. The first-order chi connectivity index (χ1) is 10.5. The fraction of sp³-hybridized carbons (Fsp3) is 0.400. The number of rotatable bonds is 2. The van der Waals surface area contributed by atoms with Crippen LogP contribution in [0.3, 0.4) is 0 Å². The molecule has 7 heteroatoms. The molecule has 2 aromatic heterocycles. The van der Waals surface area contributed by atoms with Crippen molar-refractivity contribution in [2.24, 2.45) is 20.0 Å². The monoisotopic (exact) mass is 298 g/mol. The zero-order valence-corrected chi connectivity index (χ0v) is 12.9. The summed E-state index contributed by atoms with van der Waals surface area (Å²) in [5, 5.41) is 16.5. The number of aryl methyl sites for hydroxylation is 2. The van der Waals surface area contributed by atoms with Crippen LogP contribution in [0.15, 0.2) is 23.5 Å². The molecule has 0 radical (unpaired) electrons. The molecule has 22 heavy (non-hydrogen) atoms. The highest BCUT2D eigenvalue weighted by molar-refractivity contribution is 6.13. The number of Topliss-reactive ketones (excluding diaryl/α,β-unsaturated/α-hetero) is 1. The van der Waals surface area contributed by atoms with Gasteiger partial charge in [-0.3, -0.25) is 4.79 Å². The van der Waals surface area contributed by atoms with E-state index in [-0.39, 0.29) is 5.78 Å². The van der Waals surface area contributed by atoms with Gasteiger partial charge in [0.15, 0.2) is 5.78 Å². The first-order valence-electron chi connectivity index (χ1n) is 7.20. The van der Waals surface area contributed by atoms with E-state index in [0.29, 0.717) is 17.3 Å². The van der Waals surface area contributed by atoms with Crippen LogP contribution in [-0.2, 0) is 18.9 Å². The Labute approximate surface area is 128 Å². The Balaban J connectivity index is 1.91. The van der Waals surface area contributed by atoms with E-state index in [1.54, 1.807) is 26.5 Å². The van der Waals surface area contributed by atoms with Gasteiger partial charge in [0.2, 0.25) is 0 Å². The molecule has 1 aliphatic carbocycles. The van der Waals surface area contributed by atoms with Gasteiger partial charge in [-0.25, -0.2) is 0 Å². The predicted octanol–water partition coefficient (Wildman–Crippen LogP) is 1.41. The van der Waals surface area contributed by atoms with Crippen molar-refractivity contribution < 1.29 is 4.79 Å². The van der Waals surface area contributed by atoms with Crippen LogP contribution < -0.4 is 0 Å². The summed E-state index contributed by atoms with van der Waals surface area (Å²) >= 11 is 0. The minimum Gasteiger partial charge on any atom is -0.289 e. The Morgan fingerprint density at radius 1 is 1.00 bits per heavy atom. The number of hydrogen-bond donors (Lipinski definition) is 0. The summed E-state index contributed by atoms with van der Waals surface area (Å²) in [6.07, 6.45) is 8.49. The van der Waals surface area contributed by atoms with Gasteiger partial charge in [-0.1, -0.05) is 6.92 Å². The molecule has 2 heterocycles. The van der Waals surface area contributed by atoms with Crippen molar-refractivity contribution in [3.05, 3.63) is 34.9 Å². The van der Waals surface area contributed by atoms with Gasteiger partial charge in [0.05, 0.1) is 12.4 Å². The molecule has 2 aromatic rings. The third-order valence-electron chi connectivity index (χ3n) is 3.60. The quantitative estimate of drug-likeness (QED) is 0.783. The van der Waals surface area contributed by atoms with Crippen molar-refractivity contribution in [3.63, 3.8) is 0 Å². The molecule has 1 saturated carbocycles. The SMILES string of the molecule is CC1CC(=Cc2cnn(C)n2)C(=O)C(=Cc2cnn(C)n2)C1. The van der Waals surface area contributed by atoms with Gasteiger partial charge in [-0.15, -0.1) is 0 Å². The maximum absolute atomic E-state index is 12.6. The van der Waals surface area contributed by atoms with Crippen molar-refractivity contribution >= 4 is 17.9 Å². The summed E-state index contributed by atoms with van der Waals surface area (Å²) in [5.41, 5.74) is 2.96. The fourth-order valence-corrected chi connectivity index (χ4v) is 2.68. The van der Waals surface area contributed by atoms with Gasteiger partial charge in [0.1, 0.15) is 11.4 Å². The molecule has 0 amide bonds. The molecule has 0 bridgehead atoms. The van der Waals surface area contributed by atoms with Gasteiger partial charge in [-0.2, -0.15) is 30.0 Å². The smallest absolute Gasteiger partial charge is 0.185 e. The predicted molar refractivity (Wildman–Crippen MR) is 81.4 cm³/mol. The zero-order chi connectivity index (χ0) is 15.7. The minimum absolute atomic E-state index is 0.0643. The van der Waals surface area contributed by atoms with E-state index in [9.17, 15) is 4.79 Å². The Morgan fingerprint density at radius 3 is 1.82 bits per heavy atom. The molecule has 1 fully saturated rings. The molecule has 0 saturated heterocycles. The molecule has 7 nitrogen and oxygen atoms in total. The minimum atomic E-state index is 0.0643. The molecule has 1 aliphatic rings. The third-order valence-corrected chi connectivity index (χ3v) is 3.60. The van der Waals surface area contributed by atoms with Gasteiger partial charge in [-0.05, 0) is 30.9 Å². The van der Waals surface area contributed by atoms with Gasteiger partial charge in [0, 0.05) is 25.2 Å². The second-order valence-electron chi connectivity index (χ2n) is 5.70. The molecule has 0 unspecified atom stereocenters. The largest absolute Gasteiger partial charge is 0.289 e. The first-order valence-corrected chi connectivity index (χ1v) is 7.20. The second kappa shape index (κ2) is 5.67. The molecule has 0 aromatic carbocycles. The summed E-state index contributed by atoms with van der Waals surface area (Å²) in [6.45, 7) is 2.14. The lowest BCUT2D eigenvalue weighted by atomic mass is 9.81. The number of carbonyl (C=O) groups is 1. The van der Waals surface area contributed by atoms with Crippen LogP contribution >= 0.6 is 0 Å². The van der Waals surface area contributed by atoms with Crippen LogP contribution in [0.5, 0.6) is 0 Å². The lowest BCUT2D eigenvalue weighted by Gasteiger charge is -2.22. The van der Waals surface area contributed by atoms with Crippen LogP contribution in [0.2, 0.25) is 0 Å². The molecule has 3 rings (SSSR count). The van der Waals surface area contributed by atoms with Crippen LogP contribution in [0.4, 0.5) is 0 Å². The van der Waals surface area contributed by atoms with E-state index in [0.717, 1.165) is 24.0 Å². The highest BCUT2D eigenvalue weighted by Crippen LogP contribution is 2.31. The summed E-state index contributed by atoms with van der Waals surface area (Å²) in [4.78, 5) is 15.6. The number of ketones is 1. The van der Waals surface area contributed by atoms with Crippen molar-refractivity contribution in [2.45, 2.75) is 19.8 Å². The van der Waals surface area contributed by atoms with E-state index in [4.69, 9.17) is 0 Å². The molecule has 0 aliphatic heterocycles. The highest BCUT2D eigenvalue weighted by atomic mass is 16.1. The van der Waals surface area contributed by atoms with E-state index in [2.05, 4.69) is 27.3 Å². The molecule has 0 N–H and O–H groups in total. The second-order valence-corrected chi connectivity index (χ2v) is 5.70.